The van der Waals surface area contributed by atoms with Crippen LogP contribution >= 0.6 is 11.6 Å². The lowest BCUT2D eigenvalue weighted by Gasteiger charge is -2.36. The number of piperazine rings is 1. The van der Waals surface area contributed by atoms with Crippen molar-refractivity contribution in [2.24, 2.45) is 5.41 Å². The van der Waals surface area contributed by atoms with E-state index in [1.54, 1.807) is 0 Å². The van der Waals surface area contributed by atoms with Gasteiger partial charge in [-0.1, -0.05) is 31.5 Å². The standard InChI is InChI=1S/C20H30ClN3O/c1-3-20(4-2)15-17(22-19(20)25)8-9-23-10-12-24(13-11-23)18-7-5-6-16(21)14-18/h5-7,14,17H,3-4,8-13,15H2,1-2H3,(H,22,25). The number of carbonyl (C=O) groups is 1. The fourth-order valence-corrected chi connectivity index (χ4v) is 4.41. The number of amides is 1. The van der Waals surface area contributed by atoms with Gasteiger partial charge in [0.2, 0.25) is 5.91 Å². The Hall–Kier alpha value is -1.26. The second kappa shape index (κ2) is 7.96. The number of benzene rings is 1. The minimum absolute atomic E-state index is 0.115. The third-order valence-electron chi connectivity index (χ3n) is 6.15. The summed E-state index contributed by atoms with van der Waals surface area (Å²) >= 11 is 6.10. The van der Waals surface area contributed by atoms with Crippen LogP contribution in [0.3, 0.4) is 0 Å². The van der Waals surface area contributed by atoms with Crippen LogP contribution < -0.4 is 10.2 Å². The predicted octanol–water partition coefficient (Wildman–Crippen LogP) is 3.55. The number of rotatable bonds is 6. The van der Waals surface area contributed by atoms with Crippen LogP contribution in [-0.4, -0.2) is 49.6 Å². The van der Waals surface area contributed by atoms with E-state index in [1.807, 2.05) is 18.2 Å². The van der Waals surface area contributed by atoms with Crippen LogP contribution in [0.1, 0.15) is 39.5 Å². The van der Waals surface area contributed by atoms with Gasteiger partial charge in [-0.15, -0.1) is 0 Å². The zero-order valence-corrected chi connectivity index (χ0v) is 16.2. The minimum Gasteiger partial charge on any atom is -0.369 e. The summed E-state index contributed by atoms with van der Waals surface area (Å²) in [5.41, 5.74) is 1.10. The van der Waals surface area contributed by atoms with Crippen LogP contribution in [-0.2, 0) is 4.79 Å². The maximum atomic E-state index is 12.3. The number of nitrogens with one attached hydrogen (secondary N) is 1. The molecule has 5 heteroatoms. The molecule has 2 aliphatic heterocycles. The van der Waals surface area contributed by atoms with Crippen LogP contribution in [0.2, 0.25) is 5.02 Å². The second-order valence-electron chi connectivity index (χ2n) is 7.46. The number of nitrogens with zero attached hydrogens (tertiary/aromatic N) is 2. The summed E-state index contributed by atoms with van der Waals surface area (Å²) in [5, 5.41) is 4.03. The SMILES string of the molecule is CCC1(CC)CC(CCN2CCN(c3cccc(Cl)c3)CC2)NC1=O. The summed E-state index contributed by atoms with van der Waals surface area (Å²) in [6, 6.07) is 8.45. The molecule has 0 radical (unpaired) electrons. The highest BCUT2D eigenvalue weighted by atomic mass is 35.5. The summed E-state index contributed by atoms with van der Waals surface area (Å²) < 4.78 is 0. The Kier molecular flexibility index (Phi) is 5.90. The Morgan fingerprint density at radius 2 is 1.92 bits per heavy atom. The molecule has 1 N–H and O–H groups in total. The van der Waals surface area contributed by atoms with E-state index in [0.717, 1.165) is 63.4 Å². The molecular formula is C20H30ClN3O. The van der Waals surface area contributed by atoms with Crippen molar-refractivity contribution >= 4 is 23.2 Å². The second-order valence-corrected chi connectivity index (χ2v) is 7.90. The highest BCUT2D eigenvalue weighted by Gasteiger charge is 2.43. The quantitative estimate of drug-likeness (QED) is 0.839. The number of hydrogen-bond donors (Lipinski definition) is 1. The Bertz CT molecular complexity index is 594. The highest BCUT2D eigenvalue weighted by Crippen LogP contribution is 2.37. The first-order valence-electron chi connectivity index (χ1n) is 9.60. The lowest BCUT2D eigenvalue weighted by atomic mass is 9.79. The number of halogens is 1. The molecule has 1 aromatic carbocycles. The van der Waals surface area contributed by atoms with Gasteiger partial charge in [-0.25, -0.2) is 0 Å². The van der Waals surface area contributed by atoms with E-state index in [9.17, 15) is 4.79 Å². The highest BCUT2D eigenvalue weighted by molar-refractivity contribution is 6.30. The van der Waals surface area contributed by atoms with Crippen molar-refractivity contribution < 1.29 is 4.79 Å². The van der Waals surface area contributed by atoms with Crippen LogP contribution in [0, 0.1) is 5.41 Å². The summed E-state index contributed by atoms with van der Waals surface area (Å²) in [4.78, 5) is 17.2. The maximum absolute atomic E-state index is 12.3. The van der Waals surface area contributed by atoms with Gasteiger partial charge >= 0.3 is 0 Å². The molecule has 2 fully saturated rings. The third-order valence-corrected chi connectivity index (χ3v) is 6.38. The molecule has 1 unspecified atom stereocenters. The van der Waals surface area contributed by atoms with Gasteiger partial charge in [0.25, 0.3) is 0 Å². The van der Waals surface area contributed by atoms with E-state index >= 15 is 0 Å². The van der Waals surface area contributed by atoms with Gasteiger partial charge < -0.3 is 10.2 Å². The summed E-state index contributed by atoms with van der Waals surface area (Å²) in [7, 11) is 0. The van der Waals surface area contributed by atoms with Crippen molar-refractivity contribution in [3.8, 4) is 0 Å². The molecule has 138 valence electrons. The van der Waals surface area contributed by atoms with Gasteiger partial charge in [0.15, 0.2) is 0 Å². The first-order chi connectivity index (χ1) is 12.1. The number of anilines is 1. The van der Waals surface area contributed by atoms with Gasteiger partial charge in [0.05, 0.1) is 5.41 Å². The van der Waals surface area contributed by atoms with E-state index in [0.29, 0.717) is 6.04 Å². The first-order valence-corrected chi connectivity index (χ1v) is 9.98. The van der Waals surface area contributed by atoms with Crippen LogP contribution in [0.4, 0.5) is 5.69 Å². The molecule has 2 aliphatic rings. The van der Waals surface area contributed by atoms with E-state index in [4.69, 9.17) is 11.6 Å². The van der Waals surface area contributed by atoms with Gasteiger partial charge in [-0.2, -0.15) is 0 Å². The van der Waals surface area contributed by atoms with Crippen molar-refractivity contribution in [1.82, 2.24) is 10.2 Å². The smallest absolute Gasteiger partial charge is 0.226 e. The minimum atomic E-state index is -0.115. The molecule has 0 bridgehead atoms. The third kappa shape index (κ3) is 4.12. The van der Waals surface area contributed by atoms with E-state index in [1.165, 1.54) is 5.69 Å². The van der Waals surface area contributed by atoms with Crippen LogP contribution in [0.15, 0.2) is 24.3 Å². The lowest BCUT2D eigenvalue weighted by Crippen LogP contribution is -2.47. The van der Waals surface area contributed by atoms with Crippen molar-refractivity contribution in [2.75, 3.05) is 37.6 Å². The fraction of sp³-hybridized carbons (Fsp3) is 0.650. The Morgan fingerprint density at radius 3 is 2.52 bits per heavy atom. The summed E-state index contributed by atoms with van der Waals surface area (Å²) in [5.74, 6) is 0.272. The zero-order chi connectivity index (χ0) is 17.9. The van der Waals surface area contributed by atoms with Gasteiger partial charge in [0.1, 0.15) is 0 Å². The van der Waals surface area contributed by atoms with Crippen LogP contribution in [0.25, 0.3) is 0 Å². The Morgan fingerprint density at radius 1 is 1.20 bits per heavy atom. The molecule has 1 atom stereocenters. The number of carbonyl (C=O) groups excluding carboxylic acids is 1. The van der Waals surface area contributed by atoms with Crippen molar-refractivity contribution in [2.45, 2.75) is 45.6 Å². The number of hydrogen-bond acceptors (Lipinski definition) is 3. The Labute approximate surface area is 156 Å². The molecule has 1 aromatic rings. The molecule has 4 nitrogen and oxygen atoms in total. The van der Waals surface area contributed by atoms with Gasteiger partial charge in [0, 0.05) is 49.5 Å². The molecule has 0 aromatic heterocycles. The average molecular weight is 364 g/mol. The van der Waals surface area contributed by atoms with Crippen LogP contribution in [0.5, 0.6) is 0 Å². The van der Waals surface area contributed by atoms with E-state index in [2.05, 4.69) is 35.0 Å². The van der Waals surface area contributed by atoms with E-state index < -0.39 is 0 Å². The predicted molar refractivity (Wildman–Crippen MR) is 104 cm³/mol. The summed E-state index contributed by atoms with van der Waals surface area (Å²) in [6.07, 6.45) is 3.96. The fourth-order valence-electron chi connectivity index (χ4n) is 4.23. The van der Waals surface area contributed by atoms with Gasteiger partial charge in [-0.3, -0.25) is 9.69 Å². The van der Waals surface area contributed by atoms with Crippen molar-refractivity contribution in [3.05, 3.63) is 29.3 Å². The van der Waals surface area contributed by atoms with Crippen molar-refractivity contribution in [1.29, 1.82) is 0 Å². The topological polar surface area (TPSA) is 35.6 Å². The molecule has 1 amide bonds. The molecule has 3 rings (SSSR count). The first kappa shape index (κ1) is 18.5. The molecule has 25 heavy (non-hydrogen) atoms. The molecule has 0 aliphatic carbocycles. The van der Waals surface area contributed by atoms with E-state index in [-0.39, 0.29) is 11.3 Å². The maximum Gasteiger partial charge on any atom is 0.226 e. The summed E-state index contributed by atoms with van der Waals surface area (Å²) in [6.45, 7) is 9.55. The molecule has 2 heterocycles. The molecule has 0 saturated carbocycles. The molecular weight excluding hydrogens is 334 g/mol. The average Bonchev–Trinajstić information content (AvgIpc) is 2.96. The largest absolute Gasteiger partial charge is 0.369 e. The van der Waals surface area contributed by atoms with Gasteiger partial charge in [-0.05, 0) is 43.9 Å². The normalized spacial score (nSPS) is 23.7. The van der Waals surface area contributed by atoms with Crippen molar-refractivity contribution in [3.63, 3.8) is 0 Å². The molecule has 2 saturated heterocycles. The molecule has 0 spiro atoms. The lowest BCUT2D eigenvalue weighted by molar-refractivity contribution is -0.128. The Balaban J connectivity index is 1.45. The zero-order valence-electron chi connectivity index (χ0n) is 15.4. The monoisotopic (exact) mass is 363 g/mol.